The van der Waals surface area contributed by atoms with Crippen molar-refractivity contribution in [1.82, 2.24) is 4.90 Å². The summed E-state index contributed by atoms with van der Waals surface area (Å²) in [4.78, 5) is 2.37. The molecule has 0 atom stereocenters. The zero-order chi connectivity index (χ0) is 11.8. The highest BCUT2D eigenvalue weighted by atomic mass is 16.3. The van der Waals surface area contributed by atoms with Crippen LogP contribution >= 0.6 is 0 Å². The van der Waals surface area contributed by atoms with Crippen LogP contribution in [-0.2, 0) is 0 Å². The van der Waals surface area contributed by atoms with Gasteiger partial charge in [-0.1, -0.05) is 0 Å². The van der Waals surface area contributed by atoms with Crippen LogP contribution < -0.4 is 0 Å². The standard InChI is InChI=1S/C14H25NO2/c16-3-1-15(2-4-17)14-12-6-10-5-11(8-12)9-13(14)7-10/h10-14,16-17H,1-9H2. The van der Waals surface area contributed by atoms with Gasteiger partial charge in [-0.05, 0) is 55.8 Å². The fraction of sp³-hybridized carbons (Fsp3) is 1.00. The van der Waals surface area contributed by atoms with E-state index in [-0.39, 0.29) is 13.2 Å². The van der Waals surface area contributed by atoms with E-state index in [9.17, 15) is 10.2 Å². The summed E-state index contributed by atoms with van der Waals surface area (Å²) in [5, 5.41) is 18.4. The first-order valence-electron chi connectivity index (χ1n) is 7.27. The second-order valence-corrected chi connectivity index (χ2v) is 6.40. The van der Waals surface area contributed by atoms with Gasteiger partial charge in [0, 0.05) is 19.1 Å². The molecule has 3 heteroatoms. The Hall–Kier alpha value is -0.120. The van der Waals surface area contributed by atoms with E-state index in [4.69, 9.17) is 0 Å². The molecule has 0 spiro atoms. The first-order valence-corrected chi connectivity index (χ1v) is 7.27. The van der Waals surface area contributed by atoms with Crippen molar-refractivity contribution in [1.29, 1.82) is 0 Å². The Morgan fingerprint density at radius 1 is 0.765 bits per heavy atom. The molecule has 0 saturated heterocycles. The molecule has 0 aromatic carbocycles. The van der Waals surface area contributed by atoms with Gasteiger partial charge in [0.25, 0.3) is 0 Å². The van der Waals surface area contributed by atoms with Crippen LogP contribution in [0.25, 0.3) is 0 Å². The maximum atomic E-state index is 9.19. The summed E-state index contributed by atoms with van der Waals surface area (Å²) in [5.74, 6) is 3.70. The molecule has 0 aromatic heterocycles. The van der Waals surface area contributed by atoms with Crippen molar-refractivity contribution in [3.63, 3.8) is 0 Å². The third-order valence-corrected chi connectivity index (χ3v) is 5.37. The fourth-order valence-corrected chi connectivity index (χ4v) is 5.16. The maximum absolute atomic E-state index is 9.19. The van der Waals surface area contributed by atoms with Crippen molar-refractivity contribution < 1.29 is 10.2 Å². The Morgan fingerprint density at radius 3 is 1.65 bits per heavy atom. The third kappa shape index (κ3) is 2.13. The predicted octanol–water partition coefficient (Wildman–Crippen LogP) is 1.10. The summed E-state index contributed by atoms with van der Waals surface area (Å²) < 4.78 is 0. The highest BCUT2D eigenvalue weighted by molar-refractivity contribution is 5.02. The van der Waals surface area contributed by atoms with Gasteiger partial charge in [-0.2, -0.15) is 0 Å². The van der Waals surface area contributed by atoms with Crippen LogP contribution in [0.3, 0.4) is 0 Å². The van der Waals surface area contributed by atoms with Gasteiger partial charge in [0.15, 0.2) is 0 Å². The molecule has 0 aliphatic heterocycles. The van der Waals surface area contributed by atoms with Crippen LogP contribution in [0.2, 0.25) is 0 Å². The van der Waals surface area contributed by atoms with Crippen molar-refractivity contribution in [2.24, 2.45) is 23.7 Å². The molecule has 3 nitrogen and oxygen atoms in total. The van der Waals surface area contributed by atoms with E-state index in [1.54, 1.807) is 0 Å². The summed E-state index contributed by atoms with van der Waals surface area (Å²) in [7, 11) is 0. The van der Waals surface area contributed by atoms with Gasteiger partial charge in [0.05, 0.1) is 13.2 Å². The SMILES string of the molecule is OCCN(CCO)C1C2CC3CC(C2)CC1C3. The molecule has 4 bridgehead atoms. The highest BCUT2D eigenvalue weighted by Crippen LogP contribution is 2.55. The van der Waals surface area contributed by atoms with Crippen LogP contribution in [0.5, 0.6) is 0 Å². The van der Waals surface area contributed by atoms with Crippen molar-refractivity contribution in [2.45, 2.75) is 38.1 Å². The van der Waals surface area contributed by atoms with Crippen molar-refractivity contribution in [2.75, 3.05) is 26.3 Å². The number of aliphatic hydroxyl groups excluding tert-OH is 2. The second kappa shape index (κ2) is 4.87. The molecule has 17 heavy (non-hydrogen) atoms. The molecule has 98 valence electrons. The first kappa shape index (κ1) is 11.9. The van der Waals surface area contributed by atoms with Gasteiger partial charge < -0.3 is 10.2 Å². The summed E-state index contributed by atoms with van der Waals surface area (Å²) in [6, 6.07) is 0.655. The minimum atomic E-state index is 0.225. The average molecular weight is 239 g/mol. The zero-order valence-corrected chi connectivity index (χ0v) is 10.6. The lowest BCUT2D eigenvalue weighted by atomic mass is 9.54. The van der Waals surface area contributed by atoms with Gasteiger partial charge >= 0.3 is 0 Å². The van der Waals surface area contributed by atoms with Crippen molar-refractivity contribution >= 4 is 0 Å². The number of nitrogens with zero attached hydrogens (tertiary/aromatic N) is 1. The molecular weight excluding hydrogens is 214 g/mol. The Labute approximate surface area is 104 Å². The number of hydrogen-bond donors (Lipinski definition) is 2. The lowest BCUT2D eigenvalue weighted by molar-refractivity contribution is -0.0714. The van der Waals surface area contributed by atoms with E-state index in [1.165, 1.54) is 32.1 Å². The van der Waals surface area contributed by atoms with Crippen LogP contribution in [-0.4, -0.2) is 47.5 Å². The van der Waals surface area contributed by atoms with E-state index >= 15 is 0 Å². The molecule has 0 amide bonds. The monoisotopic (exact) mass is 239 g/mol. The highest BCUT2D eigenvalue weighted by Gasteiger charge is 2.49. The van der Waals surface area contributed by atoms with E-state index in [2.05, 4.69) is 4.90 Å². The molecule has 4 aliphatic carbocycles. The Kier molecular flexibility index (Phi) is 3.42. The van der Waals surface area contributed by atoms with E-state index < -0.39 is 0 Å². The van der Waals surface area contributed by atoms with E-state index in [0.29, 0.717) is 6.04 Å². The molecule has 4 saturated carbocycles. The van der Waals surface area contributed by atoms with Crippen LogP contribution in [0.15, 0.2) is 0 Å². The Bertz CT molecular complexity index is 235. The minimum absolute atomic E-state index is 0.225. The molecule has 4 aliphatic rings. The summed E-state index contributed by atoms with van der Waals surface area (Å²) >= 11 is 0. The average Bonchev–Trinajstić information content (AvgIpc) is 2.28. The lowest BCUT2D eigenvalue weighted by Crippen LogP contribution is -2.57. The summed E-state index contributed by atoms with van der Waals surface area (Å²) in [6.45, 7) is 1.94. The number of aliphatic hydroxyl groups is 2. The molecule has 4 rings (SSSR count). The maximum Gasteiger partial charge on any atom is 0.0558 e. The Balaban J connectivity index is 1.73. The zero-order valence-electron chi connectivity index (χ0n) is 10.6. The molecule has 2 N–H and O–H groups in total. The van der Waals surface area contributed by atoms with Crippen LogP contribution in [0.4, 0.5) is 0 Å². The quantitative estimate of drug-likeness (QED) is 0.755. The number of hydrogen-bond acceptors (Lipinski definition) is 3. The smallest absolute Gasteiger partial charge is 0.0558 e. The van der Waals surface area contributed by atoms with Crippen LogP contribution in [0.1, 0.15) is 32.1 Å². The lowest BCUT2D eigenvalue weighted by Gasteiger charge is -2.57. The second-order valence-electron chi connectivity index (χ2n) is 6.40. The largest absolute Gasteiger partial charge is 0.395 e. The summed E-state index contributed by atoms with van der Waals surface area (Å²) in [6.07, 6.45) is 7.12. The molecule has 0 radical (unpaired) electrons. The molecule has 0 unspecified atom stereocenters. The van der Waals surface area contributed by atoms with Crippen molar-refractivity contribution in [3.05, 3.63) is 0 Å². The van der Waals surface area contributed by atoms with Gasteiger partial charge in [0.2, 0.25) is 0 Å². The summed E-state index contributed by atoms with van der Waals surface area (Å²) in [5.41, 5.74) is 0. The van der Waals surface area contributed by atoms with Crippen molar-refractivity contribution in [3.8, 4) is 0 Å². The normalized spacial score (nSPS) is 43.6. The van der Waals surface area contributed by atoms with Gasteiger partial charge in [-0.25, -0.2) is 0 Å². The minimum Gasteiger partial charge on any atom is -0.395 e. The van der Waals surface area contributed by atoms with Gasteiger partial charge in [-0.15, -0.1) is 0 Å². The van der Waals surface area contributed by atoms with Gasteiger partial charge in [0.1, 0.15) is 0 Å². The Morgan fingerprint density at radius 2 is 1.24 bits per heavy atom. The molecular formula is C14H25NO2. The van der Waals surface area contributed by atoms with E-state index in [1.807, 2.05) is 0 Å². The van der Waals surface area contributed by atoms with Crippen LogP contribution in [0, 0.1) is 23.7 Å². The molecule has 0 aromatic rings. The van der Waals surface area contributed by atoms with E-state index in [0.717, 1.165) is 36.8 Å². The first-order chi connectivity index (χ1) is 8.31. The molecule has 4 fully saturated rings. The number of rotatable bonds is 5. The van der Waals surface area contributed by atoms with Gasteiger partial charge in [-0.3, -0.25) is 4.90 Å². The molecule has 0 heterocycles. The topological polar surface area (TPSA) is 43.7 Å². The fourth-order valence-electron chi connectivity index (χ4n) is 5.16. The predicted molar refractivity (Wildman–Crippen MR) is 66.6 cm³/mol. The third-order valence-electron chi connectivity index (χ3n) is 5.37.